The van der Waals surface area contributed by atoms with E-state index >= 15 is 0 Å². The fourth-order valence-electron chi connectivity index (χ4n) is 2.79. The van der Waals surface area contributed by atoms with E-state index < -0.39 is 0 Å². The lowest BCUT2D eigenvalue weighted by molar-refractivity contribution is -0.135. The number of hydrogen-bond acceptors (Lipinski definition) is 3. The third-order valence-corrected chi connectivity index (χ3v) is 3.90. The van der Waals surface area contributed by atoms with Crippen molar-refractivity contribution in [2.24, 2.45) is 13.0 Å². The molecule has 2 rings (SSSR count). The van der Waals surface area contributed by atoms with Gasteiger partial charge in [0.15, 0.2) is 0 Å². The van der Waals surface area contributed by atoms with E-state index in [0.29, 0.717) is 12.2 Å². The fourth-order valence-corrected chi connectivity index (χ4v) is 2.79. The maximum atomic E-state index is 12.4. The van der Waals surface area contributed by atoms with Gasteiger partial charge in [0.2, 0.25) is 5.91 Å². The quantitative estimate of drug-likeness (QED) is 0.907. The van der Waals surface area contributed by atoms with E-state index in [1.54, 1.807) is 10.9 Å². The van der Waals surface area contributed by atoms with E-state index in [-0.39, 0.29) is 23.8 Å². The van der Waals surface area contributed by atoms with Gasteiger partial charge in [-0.2, -0.15) is 0 Å². The van der Waals surface area contributed by atoms with Crippen molar-refractivity contribution in [2.75, 3.05) is 13.1 Å². The van der Waals surface area contributed by atoms with Gasteiger partial charge in [-0.05, 0) is 19.8 Å². The highest BCUT2D eigenvalue weighted by Crippen LogP contribution is 2.14. The second kappa shape index (κ2) is 6.28. The van der Waals surface area contributed by atoms with Gasteiger partial charge in [-0.3, -0.25) is 9.59 Å². The van der Waals surface area contributed by atoms with Crippen LogP contribution in [0.4, 0.5) is 0 Å². The zero-order valence-electron chi connectivity index (χ0n) is 13.2. The Kier molecular flexibility index (Phi) is 4.65. The van der Waals surface area contributed by atoms with Crippen LogP contribution in [0.1, 0.15) is 42.9 Å². The van der Waals surface area contributed by atoms with Gasteiger partial charge in [0.05, 0.1) is 12.0 Å². The van der Waals surface area contributed by atoms with Crippen LogP contribution in [0.3, 0.4) is 0 Å². The third kappa shape index (κ3) is 3.43. The van der Waals surface area contributed by atoms with Crippen LogP contribution in [0.2, 0.25) is 0 Å². The number of aryl methyl sites for hydroxylation is 2. The zero-order valence-corrected chi connectivity index (χ0v) is 13.2. The fraction of sp³-hybridized carbons (Fsp3) is 0.667. The molecule has 0 aliphatic carbocycles. The standard InChI is InChI=1S/C15H24N4O2/c1-10(2)15(21)19-7-5-6-12(8-19)17-14(20)13-11(3)16-9-18(13)4/h9-10,12H,5-8H2,1-4H3,(H,17,20)/t12-/m1/s1. The summed E-state index contributed by atoms with van der Waals surface area (Å²) in [5, 5.41) is 3.03. The van der Waals surface area contributed by atoms with Crippen molar-refractivity contribution in [3.05, 3.63) is 17.7 Å². The molecule has 1 fully saturated rings. The molecule has 1 aromatic heterocycles. The van der Waals surface area contributed by atoms with Gasteiger partial charge >= 0.3 is 0 Å². The minimum absolute atomic E-state index is 0.00114. The predicted molar refractivity (Wildman–Crippen MR) is 79.9 cm³/mol. The molecule has 2 amide bonds. The predicted octanol–water partition coefficient (Wildman–Crippen LogP) is 1.11. The molecule has 1 saturated heterocycles. The maximum Gasteiger partial charge on any atom is 0.270 e. The van der Waals surface area contributed by atoms with Crippen molar-refractivity contribution in [2.45, 2.75) is 39.7 Å². The molecule has 0 aromatic carbocycles. The van der Waals surface area contributed by atoms with Crippen LogP contribution in [-0.4, -0.2) is 45.4 Å². The smallest absolute Gasteiger partial charge is 0.270 e. The molecule has 0 bridgehead atoms. The average Bonchev–Trinajstić information content (AvgIpc) is 2.77. The zero-order chi connectivity index (χ0) is 15.6. The molecule has 0 saturated carbocycles. The van der Waals surface area contributed by atoms with E-state index in [4.69, 9.17) is 0 Å². The minimum atomic E-state index is -0.114. The van der Waals surface area contributed by atoms with E-state index in [1.165, 1.54) is 0 Å². The summed E-state index contributed by atoms with van der Waals surface area (Å²) < 4.78 is 1.73. The Balaban J connectivity index is 2.00. The van der Waals surface area contributed by atoms with E-state index in [9.17, 15) is 9.59 Å². The van der Waals surface area contributed by atoms with Gasteiger partial charge in [-0.25, -0.2) is 4.98 Å². The van der Waals surface area contributed by atoms with Crippen molar-refractivity contribution in [3.8, 4) is 0 Å². The van der Waals surface area contributed by atoms with Crippen LogP contribution in [0.5, 0.6) is 0 Å². The highest BCUT2D eigenvalue weighted by Gasteiger charge is 2.27. The van der Waals surface area contributed by atoms with Crippen molar-refractivity contribution in [1.82, 2.24) is 19.8 Å². The molecule has 1 aliphatic rings. The van der Waals surface area contributed by atoms with Crippen LogP contribution in [0.15, 0.2) is 6.33 Å². The van der Waals surface area contributed by atoms with Crippen LogP contribution in [0, 0.1) is 12.8 Å². The number of piperidine rings is 1. The van der Waals surface area contributed by atoms with Crippen LogP contribution < -0.4 is 5.32 Å². The SMILES string of the molecule is Cc1ncn(C)c1C(=O)N[C@@H]1CCCN(C(=O)C(C)C)C1. The number of hydrogen-bond donors (Lipinski definition) is 1. The Labute approximate surface area is 125 Å². The van der Waals surface area contributed by atoms with Crippen molar-refractivity contribution < 1.29 is 9.59 Å². The highest BCUT2D eigenvalue weighted by molar-refractivity contribution is 5.93. The Morgan fingerprint density at radius 2 is 2.14 bits per heavy atom. The number of rotatable bonds is 3. The number of aromatic nitrogens is 2. The lowest BCUT2D eigenvalue weighted by Gasteiger charge is -2.34. The summed E-state index contributed by atoms with van der Waals surface area (Å²) in [7, 11) is 1.81. The highest BCUT2D eigenvalue weighted by atomic mass is 16.2. The minimum Gasteiger partial charge on any atom is -0.346 e. The summed E-state index contributed by atoms with van der Waals surface area (Å²) >= 11 is 0. The number of nitrogens with one attached hydrogen (secondary N) is 1. The van der Waals surface area contributed by atoms with Gasteiger partial charge in [-0.1, -0.05) is 13.8 Å². The first-order valence-electron chi connectivity index (χ1n) is 7.47. The summed E-state index contributed by atoms with van der Waals surface area (Å²) in [5.41, 5.74) is 1.31. The molecule has 1 aromatic rings. The molecular formula is C15H24N4O2. The van der Waals surface area contributed by atoms with Gasteiger partial charge in [0.25, 0.3) is 5.91 Å². The number of amides is 2. The molecule has 1 aliphatic heterocycles. The number of carbonyl (C=O) groups excluding carboxylic acids is 2. The molecule has 6 heteroatoms. The summed E-state index contributed by atoms with van der Waals surface area (Å²) in [4.78, 5) is 30.4. The Bertz CT molecular complexity index is 516. The molecule has 6 nitrogen and oxygen atoms in total. The number of imidazole rings is 1. The molecule has 21 heavy (non-hydrogen) atoms. The van der Waals surface area contributed by atoms with E-state index in [1.807, 2.05) is 32.7 Å². The molecular weight excluding hydrogens is 268 g/mol. The number of carbonyl (C=O) groups is 2. The van der Waals surface area contributed by atoms with Crippen molar-refractivity contribution in [3.63, 3.8) is 0 Å². The van der Waals surface area contributed by atoms with Crippen molar-refractivity contribution in [1.29, 1.82) is 0 Å². The largest absolute Gasteiger partial charge is 0.346 e. The van der Waals surface area contributed by atoms with Crippen molar-refractivity contribution >= 4 is 11.8 Å². The molecule has 0 radical (unpaired) electrons. The average molecular weight is 292 g/mol. The second-order valence-corrected chi connectivity index (χ2v) is 6.04. The Morgan fingerprint density at radius 3 is 2.71 bits per heavy atom. The summed E-state index contributed by atoms with van der Waals surface area (Å²) in [6, 6.07) is 0.0169. The normalized spacial score (nSPS) is 18.9. The van der Waals surface area contributed by atoms with Crippen LogP contribution in [0.25, 0.3) is 0 Å². The van der Waals surface area contributed by atoms with Gasteiger partial charge in [-0.15, -0.1) is 0 Å². The van der Waals surface area contributed by atoms with E-state index in [2.05, 4.69) is 10.3 Å². The van der Waals surface area contributed by atoms with E-state index in [0.717, 1.165) is 25.1 Å². The molecule has 116 valence electrons. The first-order chi connectivity index (χ1) is 9.90. The lowest BCUT2D eigenvalue weighted by atomic mass is 10.0. The van der Waals surface area contributed by atoms with Gasteiger partial charge in [0.1, 0.15) is 5.69 Å². The number of likely N-dealkylation sites (tertiary alicyclic amines) is 1. The Hall–Kier alpha value is -1.85. The van der Waals surface area contributed by atoms with Crippen LogP contribution >= 0.6 is 0 Å². The molecule has 0 spiro atoms. The third-order valence-electron chi connectivity index (χ3n) is 3.90. The monoisotopic (exact) mass is 292 g/mol. The van der Waals surface area contributed by atoms with Crippen LogP contribution in [-0.2, 0) is 11.8 Å². The maximum absolute atomic E-state index is 12.4. The summed E-state index contributed by atoms with van der Waals surface area (Å²) in [5.74, 6) is 0.0424. The second-order valence-electron chi connectivity index (χ2n) is 6.04. The molecule has 1 N–H and O–H groups in total. The lowest BCUT2D eigenvalue weighted by Crippen LogP contribution is -2.50. The summed E-state index contributed by atoms with van der Waals surface area (Å²) in [6.45, 7) is 7.02. The Morgan fingerprint density at radius 1 is 1.43 bits per heavy atom. The molecule has 0 unspecified atom stereocenters. The van der Waals surface area contributed by atoms with Gasteiger partial charge in [0, 0.05) is 32.1 Å². The first-order valence-corrected chi connectivity index (χ1v) is 7.47. The van der Waals surface area contributed by atoms with Gasteiger partial charge < -0.3 is 14.8 Å². The first kappa shape index (κ1) is 15.5. The molecule has 2 heterocycles. The molecule has 1 atom stereocenters. The topological polar surface area (TPSA) is 67.2 Å². The summed E-state index contributed by atoms with van der Waals surface area (Å²) in [6.07, 6.45) is 3.47. The number of nitrogens with zero attached hydrogens (tertiary/aromatic N) is 3.